The first-order valence-corrected chi connectivity index (χ1v) is 10.2. The van der Waals surface area contributed by atoms with Crippen LogP contribution in [-0.2, 0) is 15.4 Å². The predicted molar refractivity (Wildman–Crippen MR) is 106 cm³/mol. The van der Waals surface area contributed by atoms with E-state index in [4.69, 9.17) is 5.73 Å². The lowest BCUT2D eigenvalue weighted by molar-refractivity contribution is 0.475. The van der Waals surface area contributed by atoms with Crippen molar-refractivity contribution in [3.63, 3.8) is 0 Å². The second-order valence-corrected chi connectivity index (χ2v) is 9.89. The van der Waals surface area contributed by atoms with Crippen LogP contribution < -0.4 is 5.73 Å². The van der Waals surface area contributed by atoms with Gasteiger partial charge in [0.15, 0.2) is 9.84 Å². The molecule has 0 aromatic heterocycles. The van der Waals surface area contributed by atoms with Crippen LogP contribution in [0.2, 0.25) is 0 Å². The highest BCUT2D eigenvalue weighted by Crippen LogP contribution is 2.37. The van der Waals surface area contributed by atoms with Crippen LogP contribution in [0.1, 0.15) is 37.5 Å². The first kappa shape index (κ1) is 19.1. The van der Waals surface area contributed by atoms with Crippen molar-refractivity contribution in [2.24, 2.45) is 10.7 Å². The molecule has 1 aliphatic rings. The molecule has 2 aromatic carbocycles. The van der Waals surface area contributed by atoms with Gasteiger partial charge >= 0.3 is 0 Å². The molecule has 0 fully saturated rings. The van der Waals surface area contributed by atoms with Gasteiger partial charge in [-0.2, -0.15) is 0 Å². The van der Waals surface area contributed by atoms with Gasteiger partial charge in [0.05, 0.1) is 5.75 Å². The molecule has 0 saturated carbocycles. The molecule has 3 rings (SSSR count). The smallest absolute Gasteiger partial charge is 0.165 e. The second kappa shape index (κ2) is 6.50. The summed E-state index contributed by atoms with van der Waals surface area (Å²) in [6, 6.07) is 13.8. The predicted octanol–water partition coefficient (Wildman–Crippen LogP) is 3.00. The summed E-state index contributed by atoms with van der Waals surface area (Å²) in [5.74, 6) is 5.13. The molecule has 0 amide bonds. The number of hydrogen-bond acceptors (Lipinski definition) is 4. The zero-order valence-electron chi connectivity index (χ0n) is 15.5. The van der Waals surface area contributed by atoms with Gasteiger partial charge in [-0.1, -0.05) is 30.0 Å². The van der Waals surface area contributed by atoms with Gasteiger partial charge in [0, 0.05) is 16.7 Å². The van der Waals surface area contributed by atoms with Crippen molar-refractivity contribution < 1.29 is 12.8 Å². The summed E-state index contributed by atoms with van der Waals surface area (Å²) in [4.78, 5) is 4.38. The Morgan fingerprint density at radius 3 is 2.30 bits per heavy atom. The van der Waals surface area contributed by atoms with E-state index in [-0.39, 0.29) is 17.2 Å². The van der Waals surface area contributed by atoms with Crippen LogP contribution in [0, 0.1) is 17.7 Å². The molecule has 1 heterocycles. The first-order valence-electron chi connectivity index (χ1n) is 8.50. The van der Waals surface area contributed by atoms with Gasteiger partial charge in [0.25, 0.3) is 0 Å². The van der Waals surface area contributed by atoms with E-state index in [0.717, 1.165) is 5.56 Å². The molecule has 1 atom stereocenters. The largest absolute Gasteiger partial charge is 0.386 e. The van der Waals surface area contributed by atoms with Crippen LogP contribution in [0.3, 0.4) is 0 Å². The molecule has 1 unspecified atom stereocenters. The van der Waals surface area contributed by atoms with Crippen molar-refractivity contribution in [1.82, 2.24) is 0 Å². The Balaban J connectivity index is 2.08. The maximum Gasteiger partial charge on any atom is 0.165 e. The van der Waals surface area contributed by atoms with Gasteiger partial charge in [-0.15, -0.1) is 0 Å². The minimum atomic E-state index is -3.61. The third kappa shape index (κ3) is 3.47. The Hall–Kier alpha value is -2.65. The summed E-state index contributed by atoms with van der Waals surface area (Å²) in [6.07, 6.45) is 0. The van der Waals surface area contributed by atoms with Crippen LogP contribution in [0.25, 0.3) is 0 Å². The fourth-order valence-electron chi connectivity index (χ4n) is 2.96. The summed E-state index contributed by atoms with van der Waals surface area (Å²) in [6.45, 7) is 4.61. The van der Waals surface area contributed by atoms with E-state index in [9.17, 15) is 12.8 Å². The fourth-order valence-corrected chi connectivity index (χ4v) is 4.65. The van der Waals surface area contributed by atoms with Crippen molar-refractivity contribution in [2.75, 3.05) is 5.75 Å². The van der Waals surface area contributed by atoms with Crippen LogP contribution in [0.4, 0.5) is 4.39 Å². The lowest BCUT2D eigenvalue weighted by atomic mass is 9.91. The Kier molecular flexibility index (Phi) is 4.61. The zero-order chi connectivity index (χ0) is 19.9. The second-order valence-electron chi connectivity index (χ2n) is 7.35. The highest BCUT2D eigenvalue weighted by atomic mass is 32.2. The molecule has 4 nitrogen and oxygen atoms in total. The maximum atomic E-state index is 14.6. The Morgan fingerprint density at radius 2 is 1.67 bits per heavy atom. The number of amidine groups is 1. The Morgan fingerprint density at radius 1 is 1.04 bits per heavy atom. The third-order valence-electron chi connectivity index (χ3n) is 4.90. The molecular weight excluding hydrogens is 363 g/mol. The molecule has 0 aliphatic carbocycles. The molecular formula is C21H21FN2O2S. The van der Waals surface area contributed by atoms with E-state index in [1.165, 1.54) is 19.9 Å². The summed E-state index contributed by atoms with van der Waals surface area (Å²) in [5.41, 5.74) is 6.23. The number of nitrogens with two attached hydrogens (primary N) is 1. The van der Waals surface area contributed by atoms with Gasteiger partial charge < -0.3 is 5.73 Å². The van der Waals surface area contributed by atoms with Crippen molar-refractivity contribution in [2.45, 2.75) is 31.1 Å². The van der Waals surface area contributed by atoms with E-state index in [1.807, 2.05) is 30.3 Å². The highest BCUT2D eigenvalue weighted by Gasteiger charge is 2.49. The van der Waals surface area contributed by atoms with Crippen molar-refractivity contribution in [3.8, 4) is 11.8 Å². The average Bonchev–Trinajstić information content (AvgIpc) is 2.60. The van der Waals surface area contributed by atoms with Crippen LogP contribution in [-0.4, -0.2) is 24.8 Å². The minimum Gasteiger partial charge on any atom is -0.386 e. The molecule has 2 aromatic rings. The van der Waals surface area contributed by atoms with Crippen LogP contribution >= 0.6 is 0 Å². The quantitative estimate of drug-likeness (QED) is 0.768. The summed E-state index contributed by atoms with van der Waals surface area (Å²) >= 11 is 0. The SMILES string of the molecule is CC1(c2cc(C#Cc3ccccc3)ccc2F)CS(=O)(=O)C(C)(C)C(N)=N1. The lowest BCUT2D eigenvalue weighted by Crippen LogP contribution is -2.55. The van der Waals surface area contributed by atoms with Gasteiger partial charge in [-0.25, -0.2) is 12.8 Å². The van der Waals surface area contributed by atoms with Crippen LogP contribution in [0.5, 0.6) is 0 Å². The van der Waals surface area contributed by atoms with E-state index in [0.29, 0.717) is 5.56 Å². The Labute approximate surface area is 159 Å². The number of aliphatic imine (C=N–C) groups is 1. The van der Waals surface area contributed by atoms with E-state index < -0.39 is 25.9 Å². The number of halogens is 1. The number of rotatable bonds is 1. The summed E-state index contributed by atoms with van der Waals surface area (Å²) in [5, 5.41) is 0. The fraction of sp³-hybridized carbons (Fsp3) is 0.286. The van der Waals surface area contributed by atoms with E-state index >= 15 is 0 Å². The maximum absolute atomic E-state index is 14.6. The molecule has 140 valence electrons. The molecule has 27 heavy (non-hydrogen) atoms. The summed E-state index contributed by atoms with van der Waals surface area (Å²) < 4.78 is 38.7. The number of benzene rings is 2. The molecule has 6 heteroatoms. The zero-order valence-corrected chi connectivity index (χ0v) is 16.3. The highest BCUT2D eigenvalue weighted by molar-refractivity contribution is 7.93. The van der Waals surface area contributed by atoms with E-state index in [1.54, 1.807) is 19.1 Å². The minimum absolute atomic E-state index is 0.0172. The molecule has 2 N–H and O–H groups in total. The number of nitrogens with zero attached hydrogens (tertiary/aromatic N) is 1. The Bertz CT molecular complexity index is 1080. The normalized spacial score (nSPS) is 23.0. The molecule has 0 saturated heterocycles. The summed E-state index contributed by atoms with van der Waals surface area (Å²) in [7, 11) is -3.61. The molecule has 0 spiro atoms. The van der Waals surface area contributed by atoms with Gasteiger partial charge in [0.2, 0.25) is 0 Å². The lowest BCUT2D eigenvalue weighted by Gasteiger charge is -2.37. The number of hydrogen-bond donors (Lipinski definition) is 1. The standard InChI is InChI=1S/C21H21FN2O2S/c1-20(2)19(23)24-21(3,14-27(20,25)26)17-13-16(11-12-18(17)22)10-9-15-7-5-4-6-8-15/h4-8,11-13H,14H2,1-3H3,(H2,23,24). The molecule has 0 bridgehead atoms. The third-order valence-corrected chi connectivity index (χ3v) is 7.61. The average molecular weight is 384 g/mol. The van der Waals surface area contributed by atoms with Gasteiger partial charge in [-0.05, 0) is 51.1 Å². The molecule has 0 radical (unpaired) electrons. The van der Waals surface area contributed by atoms with Crippen LogP contribution in [0.15, 0.2) is 53.5 Å². The van der Waals surface area contributed by atoms with Gasteiger partial charge in [-0.3, -0.25) is 4.99 Å². The van der Waals surface area contributed by atoms with Crippen molar-refractivity contribution in [1.29, 1.82) is 0 Å². The monoisotopic (exact) mass is 384 g/mol. The van der Waals surface area contributed by atoms with E-state index in [2.05, 4.69) is 16.8 Å². The van der Waals surface area contributed by atoms with Crippen molar-refractivity contribution in [3.05, 3.63) is 71.0 Å². The molecule has 1 aliphatic heterocycles. The first-order chi connectivity index (χ1) is 12.6. The topological polar surface area (TPSA) is 72.5 Å². The number of sulfone groups is 1. The van der Waals surface area contributed by atoms with Gasteiger partial charge in [0.1, 0.15) is 21.9 Å². The van der Waals surface area contributed by atoms with Crippen molar-refractivity contribution >= 4 is 15.7 Å².